The maximum atomic E-state index is 12.9. The summed E-state index contributed by atoms with van der Waals surface area (Å²) in [5, 5.41) is 2.96. The molecule has 11 nitrogen and oxygen atoms in total. The number of methoxy groups -OCH3 is 3. The fraction of sp³-hybridized carbons (Fsp3) is 0.190. The summed E-state index contributed by atoms with van der Waals surface area (Å²) in [5.41, 5.74) is 1.52. The molecule has 0 atom stereocenters. The van der Waals surface area contributed by atoms with Gasteiger partial charge < -0.3 is 24.1 Å². The molecule has 2 aromatic carbocycles. The predicted molar refractivity (Wildman–Crippen MR) is 123 cm³/mol. The van der Waals surface area contributed by atoms with Crippen LogP contribution in [0, 0.1) is 0 Å². The minimum absolute atomic E-state index is 0.0109. The first-order chi connectivity index (χ1) is 15.8. The lowest BCUT2D eigenvalue weighted by atomic mass is 10.2. The molecule has 0 amide bonds. The quantitative estimate of drug-likeness (QED) is 0.399. The molecule has 172 valence electrons. The van der Waals surface area contributed by atoms with Gasteiger partial charge in [-0.2, -0.15) is 8.42 Å². The molecule has 0 fully saturated rings. The maximum absolute atomic E-state index is 12.9. The van der Waals surface area contributed by atoms with Crippen molar-refractivity contribution in [2.75, 3.05) is 31.4 Å². The molecule has 4 rings (SSSR count). The van der Waals surface area contributed by atoms with E-state index >= 15 is 0 Å². The molecule has 4 aromatic rings. The van der Waals surface area contributed by atoms with E-state index in [4.69, 9.17) is 14.2 Å². The largest absolute Gasteiger partial charge is 0.497 e. The van der Waals surface area contributed by atoms with Gasteiger partial charge in [-0.1, -0.05) is 12.1 Å². The van der Waals surface area contributed by atoms with Gasteiger partial charge in [0, 0.05) is 25.4 Å². The summed E-state index contributed by atoms with van der Waals surface area (Å²) in [6, 6.07) is 10.5. The molecule has 0 spiro atoms. The van der Waals surface area contributed by atoms with Crippen molar-refractivity contribution in [3.8, 4) is 17.2 Å². The number of imidazole rings is 1. The van der Waals surface area contributed by atoms with Crippen LogP contribution >= 0.6 is 0 Å². The Morgan fingerprint density at radius 1 is 0.939 bits per heavy atom. The Morgan fingerprint density at radius 3 is 2.21 bits per heavy atom. The topological polar surface area (TPSA) is 129 Å². The number of aromatic nitrogens is 4. The fourth-order valence-electron chi connectivity index (χ4n) is 3.14. The van der Waals surface area contributed by atoms with Crippen molar-refractivity contribution in [3.63, 3.8) is 0 Å². The standard InChI is InChI=1S/C21H22N6O5S/c1-27-11-18(22-12-27)33(28,29)26-21-20(23-14-7-5-6-8-15(14)24-21)25-16-9-13(30-2)10-17(31-3)19(16)32-4/h5-12H,1-4H3,(H,23,25)(H,24,26). The lowest BCUT2D eigenvalue weighted by Crippen LogP contribution is -2.16. The van der Waals surface area contributed by atoms with Gasteiger partial charge in [-0.25, -0.2) is 15.0 Å². The number of fused-ring (bicyclic) bond motifs is 1. The normalized spacial score (nSPS) is 11.3. The second kappa shape index (κ2) is 8.82. The molecule has 0 aliphatic carbocycles. The molecular formula is C21H22N6O5S. The fourth-order valence-corrected chi connectivity index (χ4v) is 4.14. The number of nitrogens with one attached hydrogen (secondary N) is 2. The first kappa shape index (κ1) is 22.1. The molecule has 0 aliphatic heterocycles. The highest BCUT2D eigenvalue weighted by Gasteiger charge is 2.22. The number of para-hydroxylation sites is 2. The van der Waals surface area contributed by atoms with Gasteiger partial charge in [-0.15, -0.1) is 0 Å². The molecule has 2 heterocycles. The van der Waals surface area contributed by atoms with Crippen LogP contribution in [0.3, 0.4) is 0 Å². The Hall–Kier alpha value is -4.06. The van der Waals surface area contributed by atoms with Crippen LogP contribution in [-0.2, 0) is 17.1 Å². The molecule has 0 radical (unpaired) electrons. The molecule has 12 heteroatoms. The number of ether oxygens (including phenoxy) is 3. The number of anilines is 3. The first-order valence-corrected chi connectivity index (χ1v) is 11.2. The van der Waals surface area contributed by atoms with Crippen molar-refractivity contribution in [2.24, 2.45) is 7.05 Å². The second-order valence-electron chi connectivity index (χ2n) is 6.93. The van der Waals surface area contributed by atoms with Crippen LogP contribution in [0.2, 0.25) is 0 Å². The van der Waals surface area contributed by atoms with Crippen LogP contribution in [0.4, 0.5) is 17.3 Å². The maximum Gasteiger partial charge on any atom is 0.282 e. The third-order valence-electron chi connectivity index (χ3n) is 4.70. The van der Waals surface area contributed by atoms with Crippen molar-refractivity contribution in [1.29, 1.82) is 0 Å². The van der Waals surface area contributed by atoms with Crippen LogP contribution in [0.25, 0.3) is 11.0 Å². The third-order valence-corrected chi connectivity index (χ3v) is 5.92. The van der Waals surface area contributed by atoms with Crippen molar-refractivity contribution in [2.45, 2.75) is 5.03 Å². The van der Waals surface area contributed by atoms with Crippen LogP contribution < -0.4 is 24.2 Å². The summed E-state index contributed by atoms with van der Waals surface area (Å²) in [6.45, 7) is 0. The number of nitrogens with zero attached hydrogens (tertiary/aromatic N) is 4. The summed E-state index contributed by atoms with van der Waals surface area (Å²) < 4.78 is 46.1. The zero-order valence-electron chi connectivity index (χ0n) is 18.4. The van der Waals surface area contributed by atoms with E-state index < -0.39 is 10.0 Å². The Balaban J connectivity index is 1.84. The highest BCUT2D eigenvalue weighted by atomic mass is 32.2. The highest BCUT2D eigenvalue weighted by Crippen LogP contribution is 2.41. The number of benzene rings is 2. The van der Waals surface area contributed by atoms with Crippen LogP contribution in [-0.4, -0.2) is 49.3 Å². The summed E-state index contributed by atoms with van der Waals surface area (Å²) in [6.07, 6.45) is 2.78. The molecule has 0 saturated carbocycles. The lowest BCUT2D eigenvalue weighted by Gasteiger charge is -2.17. The summed E-state index contributed by atoms with van der Waals surface area (Å²) in [5.74, 6) is 1.44. The summed E-state index contributed by atoms with van der Waals surface area (Å²) >= 11 is 0. The molecule has 33 heavy (non-hydrogen) atoms. The zero-order chi connectivity index (χ0) is 23.6. The third kappa shape index (κ3) is 4.46. The molecule has 0 saturated heterocycles. The van der Waals surface area contributed by atoms with Gasteiger partial charge in [0.1, 0.15) is 5.75 Å². The Morgan fingerprint density at radius 2 is 1.64 bits per heavy atom. The monoisotopic (exact) mass is 470 g/mol. The number of hydrogen-bond donors (Lipinski definition) is 2. The van der Waals surface area contributed by atoms with Gasteiger partial charge in [0.05, 0.1) is 44.4 Å². The van der Waals surface area contributed by atoms with Gasteiger partial charge in [-0.05, 0) is 12.1 Å². The van der Waals surface area contributed by atoms with E-state index in [0.29, 0.717) is 34.0 Å². The van der Waals surface area contributed by atoms with E-state index in [-0.39, 0.29) is 16.7 Å². The van der Waals surface area contributed by atoms with Gasteiger partial charge >= 0.3 is 0 Å². The molecule has 2 aromatic heterocycles. The molecule has 0 unspecified atom stereocenters. The van der Waals surface area contributed by atoms with E-state index in [1.54, 1.807) is 37.4 Å². The van der Waals surface area contributed by atoms with E-state index in [9.17, 15) is 8.42 Å². The van der Waals surface area contributed by atoms with E-state index in [1.165, 1.54) is 38.4 Å². The molecule has 0 aliphatic rings. The Kier molecular flexibility index (Phi) is 5.92. The van der Waals surface area contributed by atoms with Gasteiger partial charge in [0.25, 0.3) is 10.0 Å². The Labute approximate surface area is 190 Å². The van der Waals surface area contributed by atoms with Gasteiger partial charge in [-0.3, -0.25) is 4.72 Å². The lowest BCUT2D eigenvalue weighted by molar-refractivity contribution is 0.350. The molecule has 0 bridgehead atoms. The summed E-state index contributed by atoms with van der Waals surface area (Å²) in [7, 11) is 2.17. The van der Waals surface area contributed by atoms with Crippen LogP contribution in [0.15, 0.2) is 53.9 Å². The molecule has 2 N–H and O–H groups in total. The minimum Gasteiger partial charge on any atom is -0.497 e. The van der Waals surface area contributed by atoms with E-state index in [1.807, 2.05) is 6.07 Å². The van der Waals surface area contributed by atoms with Crippen molar-refractivity contribution < 1.29 is 22.6 Å². The van der Waals surface area contributed by atoms with Crippen molar-refractivity contribution in [1.82, 2.24) is 19.5 Å². The van der Waals surface area contributed by atoms with Crippen molar-refractivity contribution in [3.05, 3.63) is 48.9 Å². The average molecular weight is 471 g/mol. The summed E-state index contributed by atoms with van der Waals surface area (Å²) in [4.78, 5) is 13.0. The number of sulfonamides is 1. The van der Waals surface area contributed by atoms with Crippen LogP contribution in [0.5, 0.6) is 17.2 Å². The van der Waals surface area contributed by atoms with Gasteiger partial charge in [0.2, 0.25) is 0 Å². The second-order valence-corrected chi connectivity index (χ2v) is 8.56. The minimum atomic E-state index is -4.02. The molecular weight excluding hydrogens is 448 g/mol. The number of aryl methyl sites for hydroxylation is 1. The van der Waals surface area contributed by atoms with Crippen molar-refractivity contribution >= 4 is 38.4 Å². The van der Waals surface area contributed by atoms with Crippen LogP contribution in [0.1, 0.15) is 0 Å². The van der Waals surface area contributed by atoms with E-state index in [2.05, 4.69) is 25.0 Å². The first-order valence-electron chi connectivity index (χ1n) is 9.69. The Bertz CT molecular complexity index is 1420. The smallest absolute Gasteiger partial charge is 0.282 e. The van der Waals surface area contributed by atoms with Gasteiger partial charge in [0.15, 0.2) is 28.2 Å². The SMILES string of the molecule is COc1cc(Nc2nc3ccccc3nc2NS(=O)(=O)c2cn(C)cn2)c(OC)c(OC)c1. The zero-order valence-corrected chi connectivity index (χ0v) is 19.2. The highest BCUT2D eigenvalue weighted by molar-refractivity contribution is 7.92. The predicted octanol–water partition coefficient (Wildman–Crippen LogP) is 2.93. The van der Waals surface area contributed by atoms with E-state index in [0.717, 1.165) is 0 Å². The average Bonchev–Trinajstić information content (AvgIpc) is 3.26. The number of hydrogen-bond acceptors (Lipinski definition) is 9. The number of rotatable bonds is 8.